The Labute approximate surface area is 114 Å². The second-order valence-electron chi connectivity index (χ2n) is 4.85. The second-order valence-corrected chi connectivity index (χ2v) is 4.85. The van der Waals surface area contributed by atoms with E-state index < -0.39 is 0 Å². The first-order chi connectivity index (χ1) is 9.01. The summed E-state index contributed by atoms with van der Waals surface area (Å²) in [5.41, 5.74) is 2.26. The fourth-order valence-electron chi connectivity index (χ4n) is 2.05. The van der Waals surface area contributed by atoms with Crippen molar-refractivity contribution in [3.63, 3.8) is 0 Å². The van der Waals surface area contributed by atoms with Crippen molar-refractivity contribution in [1.29, 1.82) is 0 Å². The van der Waals surface area contributed by atoms with Crippen molar-refractivity contribution in [1.82, 2.24) is 19.7 Å². The Morgan fingerprint density at radius 3 is 2.68 bits per heavy atom. The molecule has 2 heterocycles. The van der Waals surface area contributed by atoms with Crippen LogP contribution >= 0.6 is 0 Å². The molecule has 1 unspecified atom stereocenters. The Morgan fingerprint density at radius 1 is 1.37 bits per heavy atom. The van der Waals surface area contributed by atoms with Crippen LogP contribution in [0.4, 0.5) is 5.82 Å². The highest BCUT2D eigenvalue weighted by Gasteiger charge is 2.16. The molecular weight excluding hydrogens is 238 g/mol. The van der Waals surface area contributed by atoms with Gasteiger partial charge in [0.25, 0.3) is 0 Å². The lowest BCUT2D eigenvalue weighted by atomic mass is 10.1. The first kappa shape index (κ1) is 13.5. The minimum absolute atomic E-state index is 0.229. The molecule has 0 aliphatic carbocycles. The number of anilines is 1. The molecule has 2 aromatic rings. The number of nitrogens with zero attached hydrogens (tertiary/aromatic N) is 5. The molecule has 0 aromatic carbocycles. The molecule has 0 saturated heterocycles. The van der Waals surface area contributed by atoms with Crippen molar-refractivity contribution >= 4 is 5.82 Å². The maximum Gasteiger partial charge on any atom is 0.132 e. The highest BCUT2D eigenvalue weighted by atomic mass is 15.3. The molecule has 0 amide bonds. The van der Waals surface area contributed by atoms with E-state index in [0.717, 1.165) is 23.8 Å². The molecule has 0 radical (unpaired) electrons. The molecule has 0 saturated carbocycles. The molecule has 0 aliphatic rings. The average Bonchev–Trinajstić information content (AvgIpc) is 2.82. The summed E-state index contributed by atoms with van der Waals surface area (Å²) in [6.45, 7) is 6.20. The van der Waals surface area contributed by atoms with Crippen LogP contribution in [0.3, 0.4) is 0 Å². The number of hydrogen-bond donors (Lipinski definition) is 0. The molecule has 5 heteroatoms. The molecule has 19 heavy (non-hydrogen) atoms. The fraction of sp³-hybridized carbons (Fsp3) is 0.500. The molecule has 0 fully saturated rings. The molecule has 1 atom stereocenters. The largest absolute Gasteiger partial charge is 0.353 e. The molecule has 0 N–H and O–H groups in total. The van der Waals surface area contributed by atoms with Gasteiger partial charge in [0.2, 0.25) is 0 Å². The molecular formula is C14H21N5. The van der Waals surface area contributed by atoms with Crippen LogP contribution in [0.1, 0.15) is 37.0 Å². The van der Waals surface area contributed by atoms with E-state index in [9.17, 15) is 0 Å². The van der Waals surface area contributed by atoms with Crippen LogP contribution in [0.25, 0.3) is 0 Å². The van der Waals surface area contributed by atoms with Crippen LogP contribution < -0.4 is 4.90 Å². The third-order valence-electron chi connectivity index (χ3n) is 3.39. The lowest BCUT2D eigenvalue weighted by molar-refractivity contribution is 0.718. The minimum atomic E-state index is 0.229. The summed E-state index contributed by atoms with van der Waals surface area (Å²) in [5.74, 6) is 1.78. The molecule has 2 aromatic heterocycles. The molecule has 0 bridgehead atoms. The topological polar surface area (TPSA) is 46.8 Å². The van der Waals surface area contributed by atoms with Gasteiger partial charge in [-0.3, -0.25) is 4.68 Å². The van der Waals surface area contributed by atoms with Crippen LogP contribution in [0.15, 0.2) is 18.5 Å². The Balaban J connectivity index is 2.28. The molecule has 102 valence electrons. The zero-order chi connectivity index (χ0) is 14.0. The van der Waals surface area contributed by atoms with Crippen molar-refractivity contribution in [3.8, 4) is 0 Å². The highest BCUT2D eigenvalue weighted by Crippen LogP contribution is 2.23. The Kier molecular flexibility index (Phi) is 3.83. The lowest BCUT2D eigenvalue weighted by Gasteiger charge is -2.25. The zero-order valence-electron chi connectivity index (χ0n) is 12.3. The summed E-state index contributed by atoms with van der Waals surface area (Å²) in [5, 5.41) is 4.22. The van der Waals surface area contributed by atoms with Gasteiger partial charge in [0.1, 0.15) is 11.6 Å². The minimum Gasteiger partial charge on any atom is -0.353 e. The monoisotopic (exact) mass is 259 g/mol. The van der Waals surface area contributed by atoms with Gasteiger partial charge < -0.3 is 4.90 Å². The van der Waals surface area contributed by atoms with Crippen LogP contribution in [-0.2, 0) is 13.5 Å². The van der Waals surface area contributed by atoms with E-state index in [4.69, 9.17) is 0 Å². The maximum atomic E-state index is 4.52. The van der Waals surface area contributed by atoms with Crippen LogP contribution in [0.5, 0.6) is 0 Å². The van der Waals surface area contributed by atoms with Crippen molar-refractivity contribution in [2.75, 3.05) is 11.9 Å². The Bertz CT molecular complexity index is 561. The third-order valence-corrected chi connectivity index (χ3v) is 3.39. The van der Waals surface area contributed by atoms with E-state index in [2.05, 4.69) is 46.9 Å². The smallest absolute Gasteiger partial charge is 0.132 e. The molecule has 5 nitrogen and oxygen atoms in total. The first-order valence-corrected chi connectivity index (χ1v) is 6.57. The zero-order valence-corrected chi connectivity index (χ0v) is 12.3. The number of hydrogen-bond acceptors (Lipinski definition) is 4. The van der Waals surface area contributed by atoms with Gasteiger partial charge in [0.05, 0.1) is 12.2 Å². The van der Waals surface area contributed by atoms with E-state index in [1.165, 1.54) is 5.56 Å². The SMILES string of the molecule is CCc1cc(N(C)C(C)c2cnn(C)c2)nc(C)n1. The predicted molar refractivity (Wildman–Crippen MR) is 76.2 cm³/mol. The Hall–Kier alpha value is -1.91. The van der Waals surface area contributed by atoms with E-state index in [-0.39, 0.29) is 6.04 Å². The van der Waals surface area contributed by atoms with E-state index in [0.29, 0.717) is 0 Å². The molecule has 0 aliphatic heterocycles. The van der Waals surface area contributed by atoms with Gasteiger partial charge in [-0.25, -0.2) is 9.97 Å². The first-order valence-electron chi connectivity index (χ1n) is 6.57. The Morgan fingerprint density at radius 2 is 2.11 bits per heavy atom. The summed E-state index contributed by atoms with van der Waals surface area (Å²) in [4.78, 5) is 11.1. The quantitative estimate of drug-likeness (QED) is 0.845. The molecule has 2 rings (SSSR count). The standard InChI is InChI=1S/C14H21N5/c1-6-13-7-14(17-11(3)16-13)19(5)10(2)12-8-15-18(4)9-12/h7-10H,6H2,1-5H3. The average molecular weight is 259 g/mol. The second kappa shape index (κ2) is 5.38. The number of aromatic nitrogens is 4. The van der Waals surface area contributed by atoms with Gasteiger partial charge in [-0.05, 0) is 20.3 Å². The van der Waals surface area contributed by atoms with Gasteiger partial charge in [-0.1, -0.05) is 6.92 Å². The number of rotatable bonds is 4. The van der Waals surface area contributed by atoms with Crippen molar-refractivity contribution in [2.45, 2.75) is 33.2 Å². The van der Waals surface area contributed by atoms with Gasteiger partial charge in [0, 0.05) is 37.6 Å². The summed E-state index contributed by atoms with van der Waals surface area (Å²) in [7, 11) is 3.99. The summed E-state index contributed by atoms with van der Waals surface area (Å²) >= 11 is 0. The third kappa shape index (κ3) is 2.92. The maximum absolute atomic E-state index is 4.52. The summed E-state index contributed by atoms with van der Waals surface area (Å²) < 4.78 is 1.82. The normalized spacial score (nSPS) is 12.5. The highest BCUT2D eigenvalue weighted by molar-refractivity contribution is 5.41. The van der Waals surface area contributed by atoms with Gasteiger partial charge in [-0.2, -0.15) is 5.10 Å². The van der Waals surface area contributed by atoms with E-state index >= 15 is 0 Å². The van der Waals surface area contributed by atoms with Gasteiger partial charge in [-0.15, -0.1) is 0 Å². The van der Waals surface area contributed by atoms with Crippen molar-refractivity contribution in [2.24, 2.45) is 7.05 Å². The van der Waals surface area contributed by atoms with E-state index in [1.807, 2.05) is 31.0 Å². The molecule has 0 spiro atoms. The van der Waals surface area contributed by atoms with Crippen molar-refractivity contribution in [3.05, 3.63) is 35.5 Å². The van der Waals surface area contributed by atoms with E-state index in [1.54, 1.807) is 0 Å². The van der Waals surface area contributed by atoms with Crippen molar-refractivity contribution < 1.29 is 0 Å². The predicted octanol–water partition coefficient (Wildman–Crippen LogP) is 2.28. The van der Waals surface area contributed by atoms with Gasteiger partial charge in [0.15, 0.2) is 0 Å². The number of aryl methyl sites for hydroxylation is 3. The van der Waals surface area contributed by atoms with Crippen LogP contribution in [0.2, 0.25) is 0 Å². The van der Waals surface area contributed by atoms with Gasteiger partial charge >= 0.3 is 0 Å². The lowest BCUT2D eigenvalue weighted by Crippen LogP contribution is -2.23. The van der Waals surface area contributed by atoms with Crippen LogP contribution in [-0.4, -0.2) is 26.8 Å². The summed E-state index contributed by atoms with van der Waals surface area (Å²) in [6.07, 6.45) is 4.86. The fourth-order valence-corrected chi connectivity index (χ4v) is 2.05. The van der Waals surface area contributed by atoms with Crippen LogP contribution in [0, 0.1) is 6.92 Å². The summed E-state index contributed by atoms with van der Waals surface area (Å²) in [6, 6.07) is 2.28.